The summed E-state index contributed by atoms with van der Waals surface area (Å²) in [6.07, 6.45) is 4.59. The lowest BCUT2D eigenvalue weighted by atomic mass is 9.95. The van der Waals surface area contributed by atoms with E-state index in [1.165, 1.54) is 6.26 Å². The summed E-state index contributed by atoms with van der Waals surface area (Å²) in [6.45, 7) is 6.82. The van der Waals surface area contributed by atoms with E-state index in [-0.39, 0.29) is 35.6 Å². The summed E-state index contributed by atoms with van der Waals surface area (Å²) in [6, 6.07) is 5.63. The Bertz CT molecular complexity index is 872. The van der Waals surface area contributed by atoms with Gasteiger partial charge in [-0.25, -0.2) is 8.42 Å². The van der Waals surface area contributed by atoms with Gasteiger partial charge in [-0.1, -0.05) is 17.2 Å². The Labute approximate surface area is 174 Å². The molecule has 2 atom stereocenters. The van der Waals surface area contributed by atoms with Crippen molar-refractivity contribution in [3.05, 3.63) is 34.9 Å². The van der Waals surface area contributed by atoms with Gasteiger partial charge in [0.2, 0.25) is 5.91 Å². The molecule has 2 aliphatic rings. The van der Waals surface area contributed by atoms with Gasteiger partial charge < -0.3 is 9.80 Å². The fraction of sp³-hybridized carbons (Fsp3) is 0.636. The number of carbonyl (C=O) groups excluding carboxylic acids is 2. The van der Waals surface area contributed by atoms with Crippen LogP contribution in [0.15, 0.2) is 18.2 Å². The van der Waals surface area contributed by atoms with Gasteiger partial charge in [0.05, 0.1) is 11.7 Å². The first-order valence-electron chi connectivity index (χ1n) is 10.4. The molecule has 1 saturated carbocycles. The number of sulfone groups is 1. The lowest BCUT2D eigenvalue weighted by Crippen LogP contribution is -2.51. The van der Waals surface area contributed by atoms with Crippen molar-refractivity contribution >= 4 is 21.7 Å². The summed E-state index contributed by atoms with van der Waals surface area (Å²) >= 11 is 0. The van der Waals surface area contributed by atoms with Gasteiger partial charge in [0.25, 0.3) is 5.91 Å². The van der Waals surface area contributed by atoms with Crippen LogP contribution in [0.2, 0.25) is 0 Å². The lowest BCUT2D eigenvalue weighted by molar-refractivity contribution is -0.139. The lowest BCUT2D eigenvalue weighted by Gasteiger charge is -2.37. The SMILES string of the molecule is Cc1cc(C)cc(C(=O)N2CCCC(C(=O)N(C(C)CS(C)(=O)=O)C3CC3)C2)c1. The van der Waals surface area contributed by atoms with Crippen molar-refractivity contribution in [2.24, 2.45) is 5.92 Å². The van der Waals surface area contributed by atoms with E-state index in [1.807, 2.05) is 39.0 Å². The Hall–Kier alpha value is -1.89. The maximum atomic E-state index is 13.3. The largest absolute Gasteiger partial charge is 0.338 e. The molecule has 0 aromatic heterocycles. The minimum absolute atomic E-state index is 0.00146. The van der Waals surface area contributed by atoms with Crippen LogP contribution in [0.4, 0.5) is 0 Å². The molecule has 0 spiro atoms. The highest BCUT2D eigenvalue weighted by Crippen LogP contribution is 2.32. The highest BCUT2D eigenvalue weighted by molar-refractivity contribution is 7.90. The Morgan fingerprint density at radius 1 is 1.14 bits per heavy atom. The predicted molar refractivity (Wildman–Crippen MR) is 114 cm³/mol. The molecule has 1 aliphatic carbocycles. The first-order chi connectivity index (χ1) is 13.5. The molecule has 0 bridgehead atoms. The smallest absolute Gasteiger partial charge is 0.253 e. The number of benzene rings is 1. The molecular weight excluding hydrogens is 388 g/mol. The van der Waals surface area contributed by atoms with Crippen molar-refractivity contribution in [3.8, 4) is 0 Å². The summed E-state index contributed by atoms with van der Waals surface area (Å²) in [4.78, 5) is 29.9. The molecule has 3 rings (SSSR count). The molecule has 2 unspecified atom stereocenters. The number of amides is 2. The van der Waals surface area contributed by atoms with Crippen LogP contribution in [0.1, 0.15) is 54.1 Å². The number of hydrogen-bond acceptors (Lipinski definition) is 4. The number of likely N-dealkylation sites (tertiary alicyclic amines) is 1. The van der Waals surface area contributed by atoms with Crippen LogP contribution in [0, 0.1) is 19.8 Å². The van der Waals surface area contributed by atoms with Gasteiger partial charge >= 0.3 is 0 Å². The Morgan fingerprint density at radius 3 is 2.31 bits per heavy atom. The number of nitrogens with zero attached hydrogens (tertiary/aromatic N) is 2. The van der Waals surface area contributed by atoms with Gasteiger partial charge in [-0.2, -0.15) is 0 Å². The minimum atomic E-state index is -3.17. The molecule has 160 valence electrons. The van der Waals surface area contributed by atoms with Gasteiger partial charge in [0.15, 0.2) is 0 Å². The van der Waals surface area contributed by atoms with Crippen molar-refractivity contribution in [2.45, 2.75) is 58.5 Å². The van der Waals surface area contributed by atoms with Gasteiger partial charge in [-0.05, 0) is 58.6 Å². The zero-order valence-electron chi connectivity index (χ0n) is 17.8. The molecule has 1 saturated heterocycles. The average molecular weight is 421 g/mol. The third-order valence-electron chi connectivity index (χ3n) is 5.74. The maximum Gasteiger partial charge on any atom is 0.253 e. The van der Waals surface area contributed by atoms with Gasteiger partial charge in [0, 0.05) is 37.0 Å². The zero-order chi connectivity index (χ0) is 21.3. The molecule has 29 heavy (non-hydrogen) atoms. The van der Waals surface area contributed by atoms with Crippen molar-refractivity contribution < 1.29 is 18.0 Å². The standard InChI is InChI=1S/C22H32N2O4S/c1-15-10-16(2)12-19(11-15)21(25)23-9-5-6-18(13-23)22(26)24(20-7-8-20)17(3)14-29(4,27)28/h10-12,17-18,20H,5-9,13-14H2,1-4H3. The first kappa shape index (κ1) is 21.8. The number of piperidine rings is 1. The summed E-state index contributed by atoms with van der Waals surface area (Å²) in [7, 11) is -3.17. The molecule has 1 aliphatic heterocycles. The van der Waals surface area contributed by atoms with Crippen LogP contribution in [0.25, 0.3) is 0 Å². The van der Waals surface area contributed by atoms with E-state index in [9.17, 15) is 18.0 Å². The van der Waals surface area contributed by atoms with Gasteiger partial charge in [-0.15, -0.1) is 0 Å². The second-order valence-electron chi connectivity index (χ2n) is 8.88. The van der Waals surface area contributed by atoms with E-state index in [4.69, 9.17) is 0 Å². The molecule has 0 N–H and O–H groups in total. The summed E-state index contributed by atoms with van der Waals surface area (Å²) in [5, 5.41) is 0. The molecule has 1 heterocycles. The second kappa shape index (κ2) is 8.46. The van der Waals surface area contributed by atoms with Crippen molar-refractivity contribution in [3.63, 3.8) is 0 Å². The van der Waals surface area contributed by atoms with Crippen molar-refractivity contribution in [2.75, 3.05) is 25.1 Å². The third kappa shape index (κ3) is 5.59. The van der Waals surface area contributed by atoms with Gasteiger partial charge in [0.1, 0.15) is 9.84 Å². The Balaban J connectivity index is 1.73. The quantitative estimate of drug-likeness (QED) is 0.709. The minimum Gasteiger partial charge on any atom is -0.338 e. The monoisotopic (exact) mass is 420 g/mol. The van der Waals surface area contributed by atoms with Gasteiger partial charge in [-0.3, -0.25) is 9.59 Å². The number of hydrogen-bond donors (Lipinski definition) is 0. The van der Waals surface area contributed by atoms with Crippen LogP contribution >= 0.6 is 0 Å². The fourth-order valence-corrected chi connectivity index (χ4v) is 5.52. The van der Waals surface area contributed by atoms with Crippen LogP contribution in [-0.4, -0.2) is 67.2 Å². The molecular formula is C22H32N2O4S. The topological polar surface area (TPSA) is 74.8 Å². The number of aryl methyl sites for hydroxylation is 2. The fourth-order valence-electron chi connectivity index (χ4n) is 4.48. The Morgan fingerprint density at radius 2 is 1.76 bits per heavy atom. The van der Waals surface area contributed by atoms with Crippen LogP contribution in [-0.2, 0) is 14.6 Å². The molecule has 1 aromatic rings. The third-order valence-corrected chi connectivity index (χ3v) is 6.83. The van der Waals surface area contributed by atoms with E-state index < -0.39 is 9.84 Å². The number of rotatable bonds is 6. The molecule has 1 aromatic carbocycles. The van der Waals surface area contributed by atoms with Crippen LogP contribution in [0.5, 0.6) is 0 Å². The summed E-state index contributed by atoms with van der Waals surface area (Å²) < 4.78 is 23.5. The van der Waals surface area contributed by atoms with E-state index in [0.29, 0.717) is 18.7 Å². The summed E-state index contributed by atoms with van der Waals surface area (Å²) in [5.41, 5.74) is 2.76. The van der Waals surface area contributed by atoms with E-state index in [1.54, 1.807) is 9.80 Å². The van der Waals surface area contributed by atoms with Crippen LogP contribution < -0.4 is 0 Å². The molecule has 6 nitrogen and oxygen atoms in total. The van der Waals surface area contributed by atoms with E-state index in [2.05, 4.69) is 0 Å². The zero-order valence-corrected chi connectivity index (χ0v) is 18.7. The molecule has 7 heteroatoms. The highest BCUT2D eigenvalue weighted by atomic mass is 32.2. The van der Waals surface area contributed by atoms with Crippen LogP contribution in [0.3, 0.4) is 0 Å². The van der Waals surface area contributed by atoms with E-state index >= 15 is 0 Å². The molecule has 2 amide bonds. The number of carbonyl (C=O) groups is 2. The van der Waals surface area contributed by atoms with Crippen molar-refractivity contribution in [1.82, 2.24) is 9.80 Å². The molecule has 0 radical (unpaired) electrons. The maximum absolute atomic E-state index is 13.3. The normalized spacial score (nSPS) is 21.0. The summed E-state index contributed by atoms with van der Waals surface area (Å²) in [5.74, 6) is -0.313. The predicted octanol–water partition coefficient (Wildman–Crippen LogP) is 2.58. The molecule has 2 fully saturated rings. The highest BCUT2D eigenvalue weighted by Gasteiger charge is 2.41. The second-order valence-corrected chi connectivity index (χ2v) is 11.1. The van der Waals surface area contributed by atoms with E-state index in [0.717, 1.165) is 36.8 Å². The first-order valence-corrected chi connectivity index (χ1v) is 12.5. The average Bonchev–Trinajstić information content (AvgIpc) is 3.43. The Kier molecular flexibility index (Phi) is 6.36. The van der Waals surface area contributed by atoms with Crippen molar-refractivity contribution in [1.29, 1.82) is 0 Å².